The first-order chi connectivity index (χ1) is 14.2. The molecule has 0 spiro atoms. The summed E-state index contributed by atoms with van der Waals surface area (Å²) in [4.78, 5) is 36.0. The molecule has 0 aromatic heterocycles. The van der Waals surface area contributed by atoms with E-state index in [1.807, 2.05) is 6.26 Å². The van der Waals surface area contributed by atoms with Gasteiger partial charge in [-0.2, -0.15) is 11.8 Å². The molecule has 1 aliphatic heterocycles. The molecule has 2 amide bonds. The Balaban J connectivity index is 2.50. The molecule has 0 aromatic rings. The van der Waals surface area contributed by atoms with E-state index in [4.69, 9.17) is 14.6 Å². The van der Waals surface area contributed by atoms with Gasteiger partial charge in [-0.25, -0.2) is 4.79 Å². The number of carbonyl (C=O) groups excluding carboxylic acids is 3. The lowest BCUT2D eigenvalue weighted by atomic mass is 10.1. The van der Waals surface area contributed by atoms with Crippen molar-refractivity contribution < 1.29 is 49.0 Å². The van der Waals surface area contributed by atoms with Gasteiger partial charge in [-0.3, -0.25) is 9.59 Å². The van der Waals surface area contributed by atoms with Gasteiger partial charge < -0.3 is 45.3 Å². The Labute approximate surface area is 178 Å². The Hall–Kier alpha value is -1.48. The fraction of sp³-hybridized carbons (Fsp3) is 0.824. The highest BCUT2D eigenvalue weighted by Gasteiger charge is 2.46. The first-order valence-corrected chi connectivity index (χ1v) is 10.6. The number of hydrogen-bond acceptors (Lipinski definition) is 11. The smallest absolute Gasteiger partial charge is 0.328 e. The maximum atomic E-state index is 12.2. The molecule has 0 unspecified atom stereocenters. The first-order valence-electron chi connectivity index (χ1n) is 9.24. The number of ether oxygens (including phenoxy) is 3. The molecular formula is C17H30N2O10S. The molecule has 0 aliphatic carbocycles. The molecule has 13 heteroatoms. The molecule has 0 radical (unpaired) electrons. The molecule has 174 valence electrons. The molecule has 1 heterocycles. The average molecular weight is 454 g/mol. The van der Waals surface area contributed by atoms with Crippen molar-refractivity contribution >= 4 is 29.5 Å². The highest BCUT2D eigenvalue weighted by molar-refractivity contribution is 7.98. The summed E-state index contributed by atoms with van der Waals surface area (Å²) in [6.07, 6.45) is -4.95. The van der Waals surface area contributed by atoms with Crippen molar-refractivity contribution in [3.05, 3.63) is 0 Å². The lowest BCUT2D eigenvalue weighted by Crippen LogP contribution is -2.51. The van der Waals surface area contributed by atoms with Gasteiger partial charge in [0.05, 0.1) is 13.7 Å². The number of amides is 2. The largest absolute Gasteiger partial charge is 0.467 e. The molecule has 6 N–H and O–H groups in total. The minimum atomic E-state index is -1.54. The van der Waals surface area contributed by atoms with Gasteiger partial charge in [0.25, 0.3) is 0 Å². The minimum absolute atomic E-state index is 0.365. The van der Waals surface area contributed by atoms with E-state index in [0.717, 1.165) is 0 Å². The van der Waals surface area contributed by atoms with Crippen LogP contribution in [-0.4, -0.2) is 113 Å². The number of esters is 1. The molecule has 1 aliphatic rings. The molecule has 7 atom stereocenters. The molecule has 1 rings (SSSR count). The average Bonchev–Trinajstić information content (AvgIpc) is 3.02. The van der Waals surface area contributed by atoms with E-state index in [-0.39, 0.29) is 0 Å². The maximum Gasteiger partial charge on any atom is 0.328 e. The number of rotatable bonds is 12. The SMILES string of the molecule is COC(=O)[C@H](CCSC)NC(=O)[C@@H](C)NC(=O)CO[C@H]1O[C@H]([C@H](O)CO)[C@H](O)[C@@H]1O. The standard InChI is InChI=1S/C17H30N2O10S/c1-8(15(25)19-9(4-5-30-3)16(26)27-2)18-11(22)7-28-17-13(24)12(23)14(29-17)10(21)6-20/h8-10,12-14,17,20-21,23-24H,4-7H2,1-3H3,(H,18,22)(H,19,25)/t8-,9+,10-,12-,13+,14-,17+/m1/s1. The molecule has 12 nitrogen and oxygen atoms in total. The van der Waals surface area contributed by atoms with Crippen molar-refractivity contribution in [2.45, 2.75) is 56.1 Å². The Bertz CT molecular complexity index is 581. The third kappa shape index (κ3) is 7.65. The van der Waals surface area contributed by atoms with Crippen LogP contribution in [0.4, 0.5) is 0 Å². The summed E-state index contributed by atoms with van der Waals surface area (Å²) in [5.41, 5.74) is 0. The van der Waals surface area contributed by atoms with Gasteiger partial charge in [-0.15, -0.1) is 0 Å². The molecule has 0 aromatic carbocycles. The number of methoxy groups -OCH3 is 1. The summed E-state index contributed by atoms with van der Waals surface area (Å²) in [6, 6.07) is -1.84. The summed E-state index contributed by atoms with van der Waals surface area (Å²) >= 11 is 1.50. The van der Waals surface area contributed by atoms with Gasteiger partial charge in [0.15, 0.2) is 6.29 Å². The van der Waals surface area contributed by atoms with E-state index in [1.54, 1.807) is 0 Å². The van der Waals surface area contributed by atoms with Gasteiger partial charge >= 0.3 is 5.97 Å². The number of thioether (sulfide) groups is 1. The van der Waals surface area contributed by atoms with Crippen LogP contribution >= 0.6 is 11.8 Å². The third-order valence-corrected chi connectivity index (χ3v) is 5.03. The van der Waals surface area contributed by atoms with E-state index in [2.05, 4.69) is 15.4 Å². The Morgan fingerprint density at radius 3 is 2.43 bits per heavy atom. The van der Waals surface area contributed by atoms with Gasteiger partial charge in [-0.1, -0.05) is 0 Å². The van der Waals surface area contributed by atoms with Crippen LogP contribution in [0.5, 0.6) is 0 Å². The summed E-state index contributed by atoms with van der Waals surface area (Å²) < 4.78 is 14.9. The second-order valence-corrected chi connectivity index (χ2v) is 7.65. The second-order valence-electron chi connectivity index (χ2n) is 6.67. The van der Waals surface area contributed by atoms with E-state index in [1.165, 1.54) is 25.8 Å². The zero-order valence-corrected chi connectivity index (χ0v) is 17.8. The molecular weight excluding hydrogens is 424 g/mol. The van der Waals surface area contributed by atoms with Crippen LogP contribution < -0.4 is 10.6 Å². The highest BCUT2D eigenvalue weighted by Crippen LogP contribution is 2.24. The predicted molar refractivity (Wildman–Crippen MR) is 104 cm³/mol. The van der Waals surface area contributed by atoms with Crippen molar-refractivity contribution in [2.24, 2.45) is 0 Å². The summed E-state index contributed by atoms with van der Waals surface area (Å²) in [5.74, 6) is -1.29. The fourth-order valence-electron chi connectivity index (χ4n) is 2.66. The third-order valence-electron chi connectivity index (χ3n) is 4.39. The van der Waals surface area contributed by atoms with Crippen LogP contribution in [0, 0.1) is 0 Å². The van der Waals surface area contributed by atoms with Crippen molar-refractivity contribution in [1.82, 2.24) is 10.6 Å². The summed E-state index contributed by atoms with van der Waals surface area (Å²) in [6.45, 7) is 0.104. The quantitative estimate of drug-likeness (QED) is 0.163. The lowest BCUT2D eigenvalue weighted by molar-refractivity contribution is -0.184. The van der Waals surface area contributed by atoms with E-state index in [0.29, 0.717) is 12.2 Å². The van der Waals surface area contributed by atoms with E-state index >= 15 is 0 Å². The van der Waals surface area contributed by atoms with E-state index < -0.39 is 73.8 Å². The number of nitrogens with one attached hydrogen (secondary N) is 2. The molecule has 1 fully saturated rings. The van der Waals surface area contributed by atoms with Crippen LogP contribution in [0.3, 0.4) is 0 Å². The van der Waals surface area contributed by atoms with Crippen LogP contribution in [0.2, 0.25) is 0 Å². The van der Waals surface area contributed by atoms with Gasteiger partial charge in [0.2, 0.25) is 11.8 Å². The first kappa shape index (κ1) is 26.6. The minimum Gasteiger partial charge on any atom is -0.467 e. The second kappa shape index (κ2) is 13.0. The fourth-order valence-corrected chi connectivity index (χ4v) is 3.13. The van der Waals surface area contributed by atoms with Crippen LogP contribution in [0.1, 0.15) is 13.3 Å². The summed E-state index contributed by atoms with van der Waals surface area (Å²) in [5, 5.41) is 43.0. The number of hydrogen-bond donors (Lipinski definition) is 6. The predicted octanol–water partition coefficient (Wildman–Crippen LogP) is -3.28. The Morgan fingerprint density at radius 1 is 1.20 bits per heavy atom. The number of carbonyl (C=O) groups is 3. The zero-order chi connectivity index (χ0) is 22.8. The van der Waals surface area contributed by atoms with Crippen molar-refractivity contribution in [3.63, 3.8) is 0 Å². The molecule has 0 saturated carbocycles. The lowest BCUT2D eigenvalue weighted by Gasteiger charge is -2.20. The summed E-state index contributed by atoms with van der Waals surface area (Å²) in [7, 11) is 1.21. The van der Waals surface area contributed by atoms with Crippen molar-refractivity contribution in [3.8, 4) is 0 Å². The Morgan fingerprint density at radius 2 is 1.87 bits per heavy atom. The zero-order valence-electron chi connectivity index (χ0n) is 17.0. The van der Waals surface area contributed by atoms with Crippen LogP contribution in [-0.2, 0) is 28.6 Å². The van der Waals surface area contributed by atoms with E-state index in [9.17, 15) is 29.7 Å². The topological polar surface area (TPSA) is 184 Å². The number of aliphatic hydroxyl groups excluding tert-OH is 4. The molecule has 0 bridgehead atoms. The monoisotopic (exact) mass is 454 g/mol. The van der Waals surface area contributed by atoms with Crippen molar-refractivity contribution in [2.75, 3.05) is 32.3 Å². The van der Waals surface area contributed by atoms with Crippen LogP contribution in [0.15, 0.2) is 0 Å². The van der Waals surface area contributed by atoms with Crippen molar-refractivity contribution in [1.29, 1.82) is 0 Å². The normalized spacial score (nSPS) is 26.5. The Kier molecular flexibility index (Phi) is 11.5. The molecule has 1 saturated heterocycles. The molecule has 30 heavy (non-hydrogen) atoms. The van der Waals surface area contributed by atoms with Gasteiger partial charge in [0.1, 0.15) is 43.1 Å². The van der Waals surface area contributed by atoms with Crippen LogP contribution in [0.25, 0.3) is 0 Å². The number of aliphatic hydroxyl groups is 4. The van der Waals surface area contributed by atoms with Gasteiger partial charge in [0, 0.05) is 0 Å². The maximum absolute atomic E-state index is 12.2. The highest BCUT2D eigenvalue weighted by atomic mass is 32.2. The van der Waals surface area contributed by atoms with Gasteiger partial charge in [-0.05, 0) is 25.4 Å².